The topological polar surface area (TPSA) is 72.5 Å². The van der Waals surface area contributed by atoms with Gasteiger partial charge in [0, 0.05) is 12.5 Å². The lowest BCUT2D eigenvalue weighted by molar-refractivity contribution is -0.134. The summed E-state index contributed by atoms with van der Waals surface area (Å²) in [5, 5.41) is 9.23. The molecule has 1 aromatic carbocycles. The van der Waals surface area contributed by atoms with Crippen molar-refractivity contribution in [3.05, 3.63) is 18.2 Å². The van der Waals surface area contributed by atoms with Crippen molar-refractivity contribution in [2.45, 2.75) is 19.8 Å². The standard InChI is InChI=1S/C10H13NO3/c1-2-3-10(13)14-7-4-5-8(11)9(12)6-7/h4-6,12H,2-3,11H2,1H3. The van der Waals surface area contributed by atoms with Crippen LogP contribution in [-0.4, -0.2) is 11.1 Å². The van der Waals surface area contributed by atoms with Crippen LogP contribution in [0.3, 0.4) is 0 Å². The van der Waals surface area contributed by atoms with Gasteiger partial charge in [-0.3, -0.25) is 4.79 Å². The predicted molar refractivity (Wildman–Crippen MR) is 53.1 cm³/mol. The first-order chi connectivity index (χ1) is 6.63. The summed E-state index contributed by atoms with van der Waals surface area (Å²) in [5.41, 5.74) is 5.65. The largest absolute Gasteiger partial charge is 0.506 e. The first-order valence-electron chi connectivity index (χ1n) is 4.42. The third-order valence-electron chi connectivity index (χ3n) is 1.69. The van der Waals surface area contributed by atoms with Gasteiger partial charge in [-0.15, -0.1) is 0 Å². The Bertz CT molecular complexity index is 336. The lowest BCUT2D eigenvalue weighted by atomic mass is 10.3. The fraction of sp³-hybridized carbons (Fsp3) is 0.300. The molecule has 0 fully saturated rings. The zero-order chi connectivity index (χ0) is 10.6. The number of carbonyl (C=O) groups excluding carboxylic acids is 1. The molecule has 0 heterocycles. The van der Waals surface area contributed by atoms with E-state index in [1.807, 2.05) is 6.92 Å². The lowest BCUT2D eigenvalue weighted by Crippen LogP contribution is -2.06. The van der Waals surface area contributed by atoms with Gasteiger partial charge in [-0.2, -0.15) is 0 Å². The van der Waals surface area contributed by atoms with Gasteiger partial charge in [0.25, 0.3) is 0 Å². The van der Waals surface area contributed by atoms with Crippen LogP contribution < -0.4 is 10.5 Å². The molecule has 0 unspecified atom stereocenters. The van der Waals surface area contributed by atoms with Crippen molar-refractivity contribution in [1.82, 2.24) is 0 Å². The zero-order valence-corrected chi connectivity index (χ0v) is 7.99. The van der Waals surface area contributed by atoms with Crippen molar-refractivity contribution in [1.29, 1.82) is 0 Å². The van der Waals surface area contributed by atoms with Crippen LogP contribution in [0.25, 0.3) is 0 Å². The summed E-state index contributed by atoms with van der Waals surface area (Å²) < 4.78 is 4.94. The monoisotopic (exact) mass is 195 g/mol. The molecule has 4 nitrogen and oxygen atoms in total. The Morgan fingerprint density at radius 1 is 1.57 bits per heavy atom. The SMILES string of the molecule is CCCC(=O)Oc1ccc(N)c(O)c1. The van der Waals surface area contributed by atoms with E-state index >= 15 is 0 Å². The number of nitrogens with two attached hydrogens (primary N) is 1. The van der Waals surface area contributed by atoms with Gasteiger partial charge < -0.3 is 15.6 Å². The number of esters is 1. The van der Waals surface area contributed by atoms with E-state index in [0.717, 1.165) is 6.42 Å². The molecule has 0 aliphatic carbocycles. The van der Waals surface area contributed by atoms with Crippen molar-refractivity contribution in [3.63, 3.8) is 0 Å². The maximum atomic E-state index is 11.1. The van der Waals surface area contributed by atoms with Crippen LogP contribution in [0.2, 0.25) is 0 Å². The number of carbonyl (C=O) groups is 1. The van der Waals surface area contributed by atoms with E-state index in [9.17, 15) is 9.90 Å². The molecule has 1 rings (SSSR count). The van der Waals surface area contributed by atoms with E-state index in [4.69, 9.17) is 10.5 Å². The van der Waals surface area contributed by atoms with Crippen LogP contribution in [0, 0.1) is 0 Å². The highest BCUT2D eigenvalue weighted by Crippen LogP contribution is 2.25. The summed E-state index contributed by atoms with van der Waals surface area (Å²) >= 11 is 0. The highest BCUT2D eigenvalue weighted by molar-refractivity contribution is 5.72. The number of nitrogen functional groups attached to an aromatic ring is 1. The van der Waals surface area contributed by atoms with E-state index in [0.29, 0.717) is 12.2 Å². The molecule has 14 heavy (non-hydrogen) atoms. The summed E-state index contributed by atoms with van der Waals surface area (Å²) in [7, 11) is 0. The van der Waals surface area contributed by atoms with Crippen molar-refractivity contribution in [2.24, 2.45) is 0 Å². The second-order valence-corrected chi connectivity index (χ2v) is 2.94. The normalized spacial score (nSPS) is 9.79. The Labute approximate surface area is 82.3 Å². The van der Waals surface area contributed by atoms with Gasteiger partial charge >= 0.3 is 5.97 Å². The second-order valence-electron chi connectivity index (χ2n) is 2.94. The van der Waals surface area contributed by atoms with Gasteiger partial charge in [-0.05, 0) is 18.6 Å². The van der Waals surface area contributed by atoms with Gasteiger partial charge in [0.05, 0.1) is 5.69 Å². The Morgan fingerprint density at radius 2 is 2.29 bits per heavy atom. The van der Waals surface area contributed by atoms with Crippen LogP contribution >= 0.6 is 0 Å². The highest BCUT2D eigenvalue weighted by atomic mass is 16.5. The van der Waals surface area contributed by atoms with Crippen LogP contribution in [0.5, 0.6) is 11.5 Å². The molecule has 0 radical (unpaired) electrons. The molecule has 0 spiro atoms. The molecule has 0 aliphatic heterocycles. The van der Waals surface area contributed by atoms with Crippen molar-refractivity contribution >= 4 is 11.7 Å². The molecule has 0 atom stereocenters. The van der Waals surface area contributed by atoms with E-state index in [1.165, 1.54) is 12.1 Å². The Kier molecular flexibility index (Phi) is 3.34. The number of aromatic hydroxyl groups is 1. The van der Waals surface area contributed by atoms with Gasteiger partial charge in [0.15, 0.2) is 0 Å². The van der Waals surface area contributed by atoms with E-state index < -0.39 is 0 Å². The quantitative estimate of drug-likeness (QED) is 0.333. The Morgan fingerprint density at radius 3 is 2.86 bits per heavy atom. The summed E-state index contributed by atoms with van der Waals surface area (Å²) in [5.74, 6) is -0.0707. The maximum Gasteiger partial charge on any atom is 0.311 e. The molecule has 0 aromatic heterocycles. The third kappa shape index (κ3) is 2.65. The van der Waals surface area contributed by atoms with Gasteiger partial charge in [-0.1, -0.05) is 6.92 Å². The number of phenols is 1. The number of benzene rings is 1. The fourth-order valence-corrected chi connectivity index (χ4v) is 0.974. The number of hydrogen-bond donors (Lipinski definition) is 2. The molecule has 1 aromatic rings. The molecular weight excluding hydrogens is 182 g/mol. The second kappa shape index (κ2) is 4.50. The number of ether oxygens (including phenoxy) is 1. The van der Waals surface area contributed by atoms with Gasteiger partial charge in [0.2, 0.25) is 0 Å². The smallest absolute Gasteiger partial charge is 0.311 e. The van der Waals surface area contributed by atoms with Crippen LogP contribution in [0.4, 0.5) is 5.69 Å². The molecule has 4 heteroatoms. The first kappa shape index (κ1) is 10.4. The molecule has 76 valence electrons. The minimum Gasteiger partial charge on any atom is -0.506 e. The van der Waals surface area contributed by atoms with Crippen LogP contribution in [0.15, 0.2) is 18.2 Å². The number of anilines is 1. The van der Waals surface area contributed by atoms with Crippen molar-refractivity contribution < 1.29 is 14.6 Å². The van der Waals surface area contributed by atoms with Crippen molar-refractivity contribution in [3.8, 4) is 11.5 Å². The van der Waals surface area contributed by atoms with E-state index in [1.54, 1.807) is 6.07 Å². The highest BCUT2D eigenvalue weighted by Gasteiger charge is 2.05. The molecule has 0 amide bonds. The number of hydrogen-bond acceptors (Lipinski definition) is 4. The Hall–Kier alpha value is -1.71. The number of rotatable bonds is 3. The number of phenolic OH excluding ortho intramolecular Hbond substituents is 1. The van der Waals surface area contributed by atoms with Crippen LogP contribution in [0.1, 0.15) is 19.8 Å². The molecule has 3 N–H and O–H groups in total. The summed E-state index contributed by atoms with van der Waals surface area (Å²) in [6.45, 7) is 1.89. The summed E-state index contributed by atoms with van der Waals surface area (Å²) in [6, 6.07) is 4.36. The molecule has 0 aliphatic rings. The van der Waals surface area contributed by atoms with Gasteiger partial charge in [0.1, 0.15) is 11.5 Å². The summed E-state index contributed by atoms with van der Waals surface area (Å²) in [4.78, 5) is 11.1. The average molecular weight is 195 g/mol. The van der Waals surface area contributed by atoms with Crippen molar-refractivity contribution in [2.75, 3.05) is 5.73 Å². The molecule has 0 saturated heterocycles. The molecule has 0 bridgehead atoms. The minimum absolute atomic E-state index is 0.0770. The van der Waals surface area contributed by atoms with E-state index in [2.05, 4.69) is 0 Å². The molecule has 0 saturated carbocycles. The van der Waals surface area contributed by atoms with Gasteiger partial charge in [-0.25, -0.2) is 0 Å². The zero-order valence-electron chi connectivity index (χ0n) is 7.99. The predicted octanol–water partition coefficient (Wildman–Crippen LogP) is 1.68. The third-order valence-corrected chi connectivity index (χ3v) is 1.69. The van der Waals surface area contributed by atoms with E-state index in [-0.39, 0.29) is 17.4 Å². The minimum atomic E-state index is -0.309. The summed E-state index contributed by atoms with van der Waals surface area (Å²) in [6.07, 6.45) is 1.10. The van der Waals surface area contributed by atoms with Crippen LogP contribution in [-0.2, 0) is 4.79 Å². The first-order valence-corrected chi connectivity index (χ1v) is 4.42. The molecular formula is C10H13NO3. The maximum absolute atomic E-state index is 11.1. The lowest BCUT2D eigenvalue weighted by Gasteiger charge is -2.04. The average Bonchev–Trinajstić information content (AvgIpc) is 2.12. The Balaban J connectivity index is 2.68. The fourth-order valence-electron chi connectivity index (χ4n) is 0.974.